The van der Waals surface area contributed by atoms with Crippen molar-refractivity contribution in [3.63, 3.8) is 0 Å². The summed E-state index contributed by atoms with van der Waals surface area (Å²) in [4.78, 5) is 13.8. The molecular weight excluding hydrogens is 446 g/mol. The van der Waals surface area contributed by atoms with Crippen LogP contribution in [0.1, 0.15) is 85.7 Å². The van der Waals surface area contributed by atoms with Crippen LogP contribution in [0.5, 0.6) is 0 Å². The number of carbonyl (C=O) groups is 1. The zero-order valence-corrected chi connectivity index (χ0v) is 21.7. The number of fused-ring (bicyclic) bond motifs is 4. The molecule has 0 spiro atoms. The summed E-state index contributed by atoms with van der Waals surface area (Å²) in [6.45, 7) is 10.2. The number of benzene rings is 2. The Labute approximate surface area is 206 Å². The minimum atomic E-state index is -0.0343. The summed E-state index contributed by atoms with van der Waals surface area (Å²) in [5, 5.41) is 4.85. The van der Waals surface area contributed by atoms with E-state index in [0.717, 1.165) is 22.9 Å². The quantitative estimate of drug-likeness (QED) is 0.402. The lowest BCUT2D eigenvalue weighted by molar-refractivity contribution is 0.0254. The molecule has 1 saturated carbocycles. The average Bonchev–Trinajstić information content (AvgIpc) is 3.14. The highest BCUT2D eigenvalue weighted by Crippen LogP contribution is 2.57. The van der Waals surface area contributed by atoms with Gasteiger partial charge < -0.3 is 5.32 Å². The van der Waals surface area contributed by atoms with E-state index in [0.29, 0.717) is 28.3 Å². The van der Waals surface area contributed by atoms with E-state index in [4.69, 9.17) is 11.6 Å². The summed E-state index contributed by atoms with van der Waals surface area (Å²) in [7, 11) is 0. The zero-order chi connectivity index (χ0) is 23.4. The predicted molar refractivity (Wildman–Crippen MR) is 141 cm³/mol. The van der Waals surface area contributed by atoms with Gasteiger partial charge in [0.1, 0.15) is 4.88 Å². The van der Waals surface area contributed by atoms with Crippen LogP contribution in [0.25, 0.3) is 10.1 Å². The summed E-state index contributed by atoms with van der Waals surface area (Å²) in [6.07, 6.45) is 5.93. The van der Waals surface area contributed by atoms with Crippen molar-refractivity contribution in [2.24, 2.45) is 11.3 Å². The van der Waals surface area contributed by atoms with E-state index >= 15 is 0 Å². The van der Waals surface area contributed by atoms with Crippen LogP contribution in [0.2, 0.25) is 5.02 Å². The van der Waals surface area contributed by atoms with Crippen LogP contribution >= 0.6 is 22.9 Å². The highest BCUT2D eigenvalue weighted by Gasteiger charge is 2.51. The topological polar surface area (TPSA) is 29.1 Å². The highest BCUT2D eigenvalue weighted by atomic mass is 35.5. The van der Waals surface area contributed by atoms with Gasteiger partial charge in [-0.05, 0) is 71.1 Å². The third-order valence-corrected chi connectivity index (χ3v) is 10.2. The van der Waals surface area contributed by atoms with Crippen LogP contribution in [0.3, 0.4) is 0 Å². The van der Waals surface area contributed by atoms with Crippen molar-refractivity contribution in [3.8, 4) is 0 Å². The number of hydrogen-bond acceptors (Lipinski definition) is 2. The van der Waals surface area contributed by atoms with Crippen molar-refractivity contribution in [1.82, 2.24) is 5.32 Å². The van der Waals surface area contributed by atoms with E-state index in [1.54, 1.807) is 5.56 Å². The first-order chi connectivity index (χ1) is 15.7. The molecule has 2 nitrogen and oxygen atoms in total. The Morgan fingerprint density at radius 3 is 2.73 bits per heavy atom. The van der Waals surface area contributed by atoms with E-state index in [9.17, 15) is 4.79 Å². The Kier molecular flexibility index (Phi) is 5.86. The van der Waals surface area contributed by atoms with Crippen LogP contribution in [-0.2, 0) is 11.8 Å². The van der Waals surface area contributed by atoms with Gasteiger partial charge in [0.15, 0.2) is 0 Å². The Balaban J connectivity index is 1.40. The lowest BCUT2D eigenvalue weighted by Gasteiger charge is -2.55. The van der Waals surface area contributed by atoms with Gasteiger partial charge in [-0.25, -0.2) is 0 Å². The lowest BCUT2D eigenvalue weighted by Crippen LogP contribution is -2.53. The number of halogens is 1. The van der Waals surface area contributed by atoms with Crippen LogP contribution in [-0.4, -0.2) is 12.5 Å². The van der Waals surface area contributed by atoms with E-state index in [1.165, 1.54) is 41.7 Å². The zero-order valence-electron chi connectivity index (χ0n) is 20.1. The number of thiophene rings is 1. The molecular formula is C29H34ClNOS. The maximum Gasteiger partial charge on any atom is 0.262 e. The molecule has 1 aromatic heterocycles. The molecule has 1 fully saturated rings. The molecule has 2 aliphatic carbocycles. The second-order valence-electron chi connectivity index (χ2n) is 11.0. The van der Waals surface area contributed by atoms with E-state index in [2.05, 4.69) is 51.2 Å². The van der Waals surface area contributed by atoms with Gasteiger partial charge in [0.05, 0.1) is 5.02 Å². The average molecular weight is 480 g/mol. The number of nitrogens with one attached hydrogen (secondary N) is 1. The molecule has 1 N–H and O–H groups in total. The van der Waals surface area contributed by atoms with Crippen molar-refractivity contribution >= 4 is 38.9 Å². The maximum atomic E-state index is 13.2. The lowest BCUT2D eigenvalue weighted by atomic mass is 9.49. The second kappa shape index (κ2) is 8.43. The molecule has 4 heteroatoms. The standard InChI is InChI=1S/C29H34ClNOS/c1-18(2)20-11-10-19-12-13-24-28(3,14-7-15-29(24,4)22(19)16-20)17-31-27(32)26-25(30)21-8-5-6-9-23(21)33-26/h5-6,8-11,16,18,24H,7,12-15,17H2,1-4H3,(H,31,32)/t24-,28+,29+/m1/s1. The summed E-state index contributed by atoms with van der Waals surface area (Å²) in [5.41, 5.74) is 4.79. The molecule has 0 saturated heterocycles. The smallest absolute Gasteiger partial charge is 0.262 e. The molecule has 0 aliphatic heterocycles. The van der Waals surface area contributed by atoms with Gasteiger partial charge in [-0.2, -0.15) is 0 Å². The molecule has 5 rings (SSSR count). The third-order valence-electron chi connectivity index (χ3n) is 8.57. The largest absolute Gasteiger partial charge is 0.351 e. The fourth-order valence-corrected chi connectivity index (χ4v) is 8.14. The van der Waals surface area contributed by atoms with Crippen molar-refractivity contribution in [2.45, 2.75) is 71.1 Å². The highest BCUT2D eigenvalue weighted by molar-refractivity contribution is 7.21. The first kappa shape index (κ1) is 22.9. The minimum Gasteiger partial charge on any atom is -0.351 e. The third kappa shape index (κ3) is 3.82. The molecule has 3 aromatic rings. The fourth-order valence-electron chi connectivity index (χ4n) is 6.70. The van der Waals surface area contributed by atoms with Gasteiger partial charge in [0.25, 0.3) is 5.91 Å². The Morgan fingerprint density at radius 1 is 1.18 bits per heavy atom. The Hall–Kier alpha value is -1.84. The number of carbonyl (C=O) groups excluding carboxylic acids is 1. The number of rotatable bonds is 4. The summed E-state index contributed by atoms with van der Waals surface area (Å²) in [6, 6.07) is 15.2. The van der Waals surface area contributed by atoms with E-state index < -0.39 is 0 Å². The van der Waals surface area contributed by atoms with Gasteiger partial charge >= 0.3 is 0 Å². The molecule has 2 aliphatic rings. The summed E-state index contributed by atoms with van der Waals surface area (Å²) >= 11 is 8.08. The molecule has 1 heterocycles. The molecule has 0 bridgehead atoms. The van der Waals surface area contributed by atoms with Gasteiger partial charge in [-0.1, -0.05) is 82.1 Å². The van der Waals surface area contributed by atoms with Crippen molar-refractivity contribution < 1.29 is 4.79 Å². The monoisotopic (exact) mass is 479 g/mol. The maximum absolute atomic E-state index is 13.2. The number of amides is 1. The first-order valence-electron chi connectivity index (χ1n) is 12.3. The van der Waals surface area contributed by atoms with Gasteiger partial charge in [0, 0.05) is 16.6 Å². The SMILES string of the molecule is CC(C)c1ccc2c(c1)[C@]1(C)CCC[C@@](C)(CNC(=O)c3sc4ccccc4c3Cl)[C@H]1CC2. The predicted octanol–water partition coefficient (Wildman–Crippen LogP) is 8.12. The Morgan fingerprint density at radius 2 is 1.97 bits per heavy atom. The fraction of sp³-hybridized carbons (Fsp3) is 0.483. The van der Waals surface area contributed by atoms with Crippen molar-refractivity contribution in [3.05, 3.63) is 69.1 Å². The molecule has 1 amide bonds. The normalized spacial score (nSPS) is 26.8. The molecule has 3 atom stereocenters. The van der Waals surface area contributed by atoms with Gasteiger partial charge in [0.2, 0.25) is 0 Å². The van der Waals surface area contributed by atoms with Crippen molar-refractivity contribution in [1.29, 1.82) is 0 Å². The Bertz CT molecular complexity index is 1210. The summed E-state index contributed by atoms with van der Waals surface area (Å²) in [5.74, 6) is 1.07. The number of aryl methyl sites for hydroxylation is 1. The van der Waals surface area contributed by atoms with Gasteiger partial charge in [-0.15, -0.1) is 11.3 Å². The van der Waals surface area contributed by atoms with Crippen LogP contribution in [0.15, 0.2) is 42.5 Å². The molecule has 2 aromatic carbocycles. The second-order valence-corrected chi connectivity index (χ2v) is 12.4. The molecule has 0 unspecified atom stereocenters. The first-order valence-corrected chi connectivity index (χ1v) is 13.5. The van der Waals surface area contributed by atoms with Crippen LogP contribution in [0, 0.1) is 11.3 Å². The molecule has 174 valence electrons. The van der Waals surface area contributed by atoms with Crippen LogP contribution < -0.4 is 5.32 Å². The van der Waals surface area contributed by atoms with E-state index in [-0.39, 0.29) is 16.7 Å². The minimum absolute atomic E-state index is 0.0343. The summed E-state index contributed by atoms with van der Waals surface area (Å²) < 4.78 is 1.06. The van der Waals surface area contributed by atoms with E-state index in [1.807, 2.05) is 24.3 Å². The molecule has 33 heavy (non-hydrogen) atoms. The number of hydrogen-bond donors (Lipinski definition) is 1. The van der Waals surface area contributed by atoms with Gasteiger partial charge in [-0.3, -0.25) is 4.79 Å². The molecule has 0 radical (unpaired) electrons. The van der Waals surface area contributed by atoms with Crippen LogP contribution in [0.4, 0.5) is 0 Å². The van der Waals surface area contributed by atoms with Crippen molar-refractivity contribution in [2.75, 3.05) is 6.54 Å².